The maximum absolute atomic E-state index is 12.5. The van der Waals surface area contributed by atoms with Crippen molar-refractivity contribution in [2.24, 2.45) is 0 Å². The van der Waals surface area contributed by atoms with Gasteiger partial charge in [-0.2, -0.15) is 0 Å². The average molecular weight is 1070 g/mol. The molecule has 0 spiro atoms. The van der Waals surface area contributed by atoms with Crippen LogP contribution in [-0.2, 0) is 14.3 Å². The highest BCUT2D eigenvalue weighted by Gasteiger charge is 2.18. The van der Waals surface area contributed by atoms with E-state index in [1.165, 1.54) is 283 Å². The van der Waals surface area contributed by atoms with Crippen molar-refractivity contribution in [2.75, 3.05) is 13.2 Å². The maximum atomic E-state index is 12.5. The van der Waals surface area contributed by atoms with E-state index in [1.54, 1.807) is 6.08 Å². The van der Waals surface area contributed by atoms with E-state index >= 15 is 0 Å². The van der Waals surface area contributed by atoms with Crippen LogP contribution in [0.2, 0.25) is 0 Å². The van der Waals surface area contributed by atoms with E-state index in [2.05, 4.69) is 55.6 Å². The van der Waals surface area contributed by atoms with E-state index in [-0.39, 0.29) is 18.5 Å². The lowest BCUT2D eigenvalue weighted by molar-refractivity contribution is -0.143. The first-order valence-corrected chi connectivity index (χ1v) is 33.9. The van der Waals surface area contributed by atoms with Crippen LogP contribution in [-0.4, -0.2) is 47.4 Å². The predicted octanol–water partition coefficient (Wildman–Crippen LogP) is 21.7. The molecular formula is C70H131NO5. The maximum Gasteiger partial charge on any atom is 0.305 e. The fraction of sp³-hybridized carbons (Fsp3) is 0.857. The highest BCUT2D eigenvalue weighted by atomic mass is 16.5. The third-order valence-corrected chi connectivity index (χ3v) is 15.6. The first kappa shape index (κ1) is 73.8. The summed E-state index contributed by atoms with van der Waals surface area (Å²) in [6.45, 7) is 4.90. The van der Waals surface area contributed by atoms with E-state index in [0.29, 0.717) is 19.4 Å². The number of ether oxygens (including phenoxy) is 1. The molecule has 0 aromatic heterocycles. The molecule has 0 aromatic carbocycles. The van der Waals surface area contributed by atoms with Crippen molar-refractivity contribution >= 4 is 11.9 Å². The largest absolute Gasteiger partial charge is 0.466 e. The summed E-state index contributed by atoms with van der Waals surface area (Å²) in [5, 5.41) is 23.2. The fourth-order valence-corrected chi connectivity index (χ4v) is 10.4. The van der Waals surface area contributed by atoms with Crippen molar-refractivity contribution in [1.29, 1.82) is 0 Å². The Morgan fingerprint density at radius 2 is 0.658 bits per heavy atom. The first-order chi connectivity index (χ1) is 37.5. The molecule has 0 heterocycles. The Kier molecular flexibility index (Phi) is 63.5. The Morgan fingerprint density at radius 1 is 0.368 bits per heavy atom. The summed E-state index contributed by atoms with van der Waals surface area (Å²) in [5.41, 5.74) is 0. The van der Waals surface area contributed by atoms with Gasteiger partial charge in [-0.25, -0.2) is 0 Å². The van der Waals surface area contributed by atoms with Crippen LogP contribution < -0.4 is 5.32 Å². The Labute approximate surface area is 474 Å². The van der Waals surface area contributed by atoms with Crippen molar-refractivity contribution in [2.45, 2.75) is 373 Å². The number of esters is 1. The number of unbranched alkanes of at least 4 members (excludes halogenated alkanes) is 46. The molecule has 6 nitrogen and oxygen atoms in total. The van der Waals surface area contributed by atoms with E-state index in [0.717, 1.165) is 51.4 Å². The summed E-state index contributed by atoms with van der Waals surface area (Å²) in [4.78, 5) is 24.6. The molecule has 0 aliphatic carbocycles. The van der Waals surface area contributed by atoms with Crippen LogP contribution in [0.25, 0.3) is 0 Å². The zero-order valence-corrected chi connectivity index (χ0v) is 51.0. The lowest BCUT2D eigenvalue weighted by atomic mass is 10.0. The number of aliphatic hydroxyl groups excluding tert-OH is 2. The predicted molar refractivity (Wildman–Crippen MR) is 333 cm³/mol. The van der Waals surface area contributed by atoms with Crippen LogP contribution in [0.3, 0.4) is 0 Å². The van der Waals surface area contributed by atoms with Gasteiger partial charge in [0.2, 0.25) is 5.91 Å². The normalized spacial score (nSPS) is 12.8. The molecule has 0 rings (SSSR count). The average Bonchev–Trinajstić information content (AvgIpc) is 3.42. The summed E-state index contributed by atoms with van der Waals surface area (Å²) in [6.07, 6.45) is 84.5. The number of hydrogen-bond acceptors (Lipinski definition) is 5. The van der Waals surface area contributed by atoms with Crippen LogP contribution in [0, 0.1) is 0 Å². The zero-order valence-electron chi connectivity index (χ0n) is 51.0. The van der Waals surface area contributed by atoms with E-state index in [1.807, 2.05) is 6.08 Å². The Balaban J connectivity index is 3.42. The lowest BCUT2D eigenvalue weighted by Crippen LogP contribution is -2.45. The second-order valence-electron chi connectivity index (χ2n) is 23.1. The van der Waals surface area contributed by atoms with Gasteiger partial charge in [-0.15, -0.1) is 0 Å². The van der Waals surface area contributed by atoms with Gasteiger partial charge < -0.3 is 20.3 Å². The number of nitrogens with one attached hydrogen (secondary N) is 1. The highest BCUT2D eigenvalue weighted by molar-refractivity contribution is 5.76. The van der Waals surface area contributed by atoms with Crippen LogP contribution >= 0.6 is 0 Å². The summed E-state index contributed by atoms with van der Waals surface area (Å²) in [5.74, 6) is -0.0660. The van der Waals surface area contributed by atoms with Crippen LogP contribution in [0.5, 0.6) is 0 Å². The lowest BCUT2D eigenvalue weighted by Gasteiger charge is -2.20. The van der Waals surface area contributed by atoms with Gasteiger partial charge in [0.25, 0.3) is 0 Å². The number of amides is 1. The molecule has 2 atom stereocenters. The van der Waals surface area contributed by atoms with E-state index < -0.39 is 12.1 Å². The Hall–Kier alpha value is -2.18. The van der Waals surface area contributed by atoms with Crippen LogP contribution in [0.15, 0.2) is 48.6 Å². The minimum Gasteiger partial charge on any atom is -0.466 e. The Bertz CT molecular complexity index is 1270. The minimum absolute atomic E-state index is 0.00476. The van der Waals surface area contributed by atoms with Crippen molar-refractivity contribution < 1.29 is 24.5 Å². The molecule has 2 unspecified atom stereocenters. The molecule has 76 heavy (non-hydrogen) atoms. The van der Waals surface area contributed by atoms with Gasteiger partial charge in [0.1, 0.15) is 0 Å². The van der Waals surface area contributed by atoms with Gasteiger partial charge in [0.05, 0.1) is 25.4 Å². The molecule has 6 heteroatoms. The molecule has 446 valence electrons. The molecule has 1 amide bonds. The summed E-state index contributed by atoms with van der Waals surface area (Å²) < 4.78 is 5.50. The second-order valence-corrected chi connectivity index (χ2v) is 23.1. The molecule has 0 aliphatic rings. The molecule has 3 N–H and O–H groups in total. The number of aliphatic hydroxyl groups is 2. The third-order valence-electron chi connectivity index (χ3n) is 15.6. The van der Waals surface area contributed by atoms with Crippen molar-refractivity contribution in [3.8, 4) is 0 Å². The highest BCUT2D eigenvalue weighted by Crippen LogP contribution is 2.17. The molecule has 0 saturated heterocycles. The van der Waals surface area contributed by atoms with Gasteiger partial charge in [-0.1, -0.05) is 306 Å². The third kappa shape index (κ3) is 61.0. The van der Waals surface area contributed by atoms with Crippen molar-refractivity contribution in [1.82, 2.24) is 5.32 Å². The topological polar surface area (TPSA) is 95.9 Å². The molecular weight excluding hydrogens is 935 g/mol. The van der Waals surface area contributed by atoms with E-state index in [9.17, 15) is 19.8 Å². The monoisotopic (exact) mass is 1070 g/mol. The zero-order chi connectivity index (χ0) is 55.0. The van der Waals surface area contributed by atoms with Crippen LogP contribution in [0.1, 0.15) is 361 Å². The van der Waals surface area contributed by atoms with Gasteiger partial charge in [0.15, 0.2) is 0 Å². The molecule has 0 radical (unpaired) electrons. The Morgan fingerprint density at radius 3 is 1.03 bits per heavy atom. The number of allylic oxidation sites excluding steroid dienone is 7. The smallest absolute Gasteiger partial charge is 0.305 e. The van der Waals surface area contributed by atoms with Crippen molar-refractivity contribution in [3.05, 3.63) is 48.6 Å². The standard InChI is InChI=1S/C70H131NO5/c1-3-5-7-9-11-13-15-17-19-21-32-36-40-44-48-52-56-60-64-70(75)76-65-61-57-53-49-45-41-37-33-29-27-25-23-22-24-26-28-31-35-39-43-47-51-55-59-63-69(74)71-67(66-72)68(73)62-58-54-50-46-42-38-34-30-20-18-16-14-12-10-8-6-4-2/h13,15,19,21,24,26,58,62,67-68,72-73H,3-12,14,16-18,20,22-23,25,27-57,59-61,63-66H2,1-2H3,(H,71,74)/b15-13-,21-19-,26-24-,62-58+. The number of rotatable bonds is 63. The SMILES string of the molecule is CCCCCC/C=C\C/C=C\CCCCCCCCCC(=O)OCCCCCCCCCCCCCC/C=C\CCCCCCCCCCC(=O)NC(CO)C(O)/C=C/CCCCCCCCCCCCCCCCC. The van der Waals surface area contributed by atoms with Crippen molar-refractivity contribution in [3.63, 3.8) is 0 Å². The summed E-state index contributed by atoms with van der Waals surface area (Å²) in [7, 11) is 0. The first-order valence-electron chi connectivity index (χ1n) is 33.9. The number of hydrogen-bond donors (Lipinski definition) is 3. The minimum atomic E-state index is -0.848. The number of carbonyl (C=O) groups is 2. The summed E-state index contributed by atoms with van der Waals surface area (Å²) >= 11 is 0. The molecule has 0 saturated carbocycles. The molecule has 0 bridgehead atoms. The molecule has 0 aliphatic heterocycles. The molecule has 0 aromatic rings. The summed E-state index contributed by atoms with van der Waals surface area (Å²) in [6, 6.07) is -0.632. The number of carbonyl (C=O) groups excluding carboxylic acids is 2. The van der Waals surface area contributed by atoms with E-state index in [4.69, 9.17) is 4.74 Å². The van der Waals surface area contributed by atoms with Crippen LogP contribution in [0.4, 0.5) is 0 Å². The second kappa shape index (κ2) is 65.3. The van der Waals surface area contributed by atoms with Gasteiger partial charge >= 0.3 is 5.97 Å². The quantitative estimate of drug-likeness (QED) is 0.0320. The van der Waals surface area contributed by atoms with Gasteiger partial charge in [-0.05, 0) is 89.9 Å². The van der Waals surface area contributed by atoms with Gasteiger partial charge in [-0.3, -0.25) is 9.59 Å². The molecule has 0 fully saturated rings. The van der Waals surface area contributed by atoms with Gasteiger partial charge in [0, 0.05) is 12.8 Å². The fourth-order valence-electron chi connectivity index (χ4n) is 10.4.